The van der Waals surface area contributed by atoms with Gasteiger partial charge in [-0.3, -0.25) is 4.79 Å². The lowest BCUT2D eigenvalue weighted by Gasteiger charge is -1.98. The van der Waals surface area contributed by atoms with Gasteiger partial charge in [-0.25, -0.2) is 4.98 Å². The SMILES string of the molecule is CCNCc1nccc(=O)[nH]1. The molecule has 0 aliphatic rings. The van der Waals surface area contributed by atoms with E-state index in [0.717, 1.165) is 6.54 Å². The van der Waals surface area contributed by atoms with Gasteiger partial charge in [-0.2, -0.15) is 0 Å². The summed E-state index contributed by atoms with van der Waals surface area (Å²) in [4.78, 5) is 17.3. The molecule has 4 nitrogen and oxygen atoms in total. The number of nitrogens with zero attached hydrogens (tertiary/aromatic N) is 1. The third kappa shape index (κ3) is 2.51. The van der Waals surface area contributed by atoms with Crippen LogP contribution < -0.4 is 10.9 Å². The van der Waals surface area contributed by atoms with E-state index in [1.54, 1.807) is 0 Å². The van der Waals surface area contributed by atoms with Crippen LogP contribution in [0, 0.1) is 0 Å². The van der Waals surface area contributed by atoms with E-state index in [4.69, 9.17) is 0 Å². The molecular formula is C7H11N3O. The second kappa shape index (κ2) is 3.88. The first-order valence-electron chi connectivity index (χ1n) is 3.58. The Bertz CT molecular complexity index is 268. The summed E-state index contributed by atoms with van der Waals surface area (Å²) in [5.74, 6) is 0.680. The maximum Gasteiger partial charge on any atom is 0.250 e. The second-order valence-corrected chi connectivity index (χ2v) is 2.16. The lowest BCUT2D eigenvalue weighted by molar-refractivity contribution is 0.687. The number of aromatic nitrogens is 2. The molecule has 4 heteroatoms. The number of nitrogens with one attached hydrogen (secondary N) is 2. The van der Waals surface area contributed by atoms with Gasteiger partial charge in [-0.15, -0.1) is 0 Å². The van der Waals surface area contributed by atoms with Crippen LogP contribution in [0.3, 0.4) is 0 Å². The molecule has 1 heterocycles. The summed E-state index contributed by atoms with van der Waals surface area (Å²) in [6, 6.07) is 1.40. The quantitative estimate of drug-likeness (QED) is 0.636. The highest BCUT2D eigenvalue weighted by atomic mass is 16.1. The minimum atomic E-state index is -0.104. The van der Waals surface area contributed by atoms with Crippen LogP contribution in [0.2, 0.25) is 0 Å². The number of hydrogen-bond donors (Lipinski definition) is 2. The molecule has 0 bridgehead atoms. The zero-order valence-electron chi connectivity index (χ0n) is 6.42. The molecule has 0 saturated carbocycles. The van der Waals surface area contributed by atoms with Gasteiger partial charge in [-0.05, 0) is 6.54 Å². The molecule has 0 fully saturated rings. The molecular weight excluding hydrogens is 142 g/mol. The van der Waals surface area contributed by atoms with E-state index in [0.29, 0.717) is 12.4 Å². The van der Waals surface area contributed by atoms with Crippen molar-refractivity contribution >= 4 is 0 Å². The predicted molar refractivity (Wildman–Crippen MR) is 42.2 cm³/mol. The van der Waals surface area contributed by atoms with Crippen molar-refractivity contribution in [3.8, 4) is 0 Å². The van der Waals surface area contributed by atoms with E-state index in [2.05, 4.69) is 15.3 Å². The Morgan fingerprint density at radius 3 is 3.18 bits per heavy atom. The van der Waals surface area contributed by atoms with E-state index in [1.165, 1.54) is 12.3 Å². The van der Waals surface area contributed by atoms with Crippen LogP contribution in [0.15, 0.2) is 17.1 Å². The van der Waals surface area contributed by atoms with Crippen molar-refractivity contribution in [1.29, 1.82) is 0 Å². The maximum atomic E-state index is 10.7. The molecule has 1 aromatic rings. The lowest BCUT2D eigenvalue weighted by atomic mass is 10.5. The normalized spacial score (nSPS) is 9.91. The molecule has 0 radical (unpaired) electrons. The summed E-state index contributed by atoms with van der Waals surface area (Å²) < 4.78 is 0. The fourth-order valence-corrected chi connectivity index (χ4v) is 0.744. The number of rotatable bonds is 3. The molecule has 2 N–H and O–H groups in total. The Kier molecular flexibility index (Phi) is 2.80. The average Bonchev–Trinajstić information content (AvgIpc) is 2.01. The fourth-order valence-electron chi connectivity index (χ4n) is 0.744. The lowest BCUT2D eigenvalue weighted by Crippen LogP contribution is -2.17. The van der Waals surface area contributed by atoms with Gasteiger partial charge in [0.1, 0.15) is 5.82 Å². The second-order valence-electron chi connectivity index (χ2n) is 2.16. The van der Waals surface area contributed by atoms with Crippen molar-refractivity contribution in [3.05, 3.63) is 28.4 Å². The molecule has 1 aromatic heterocycles. The van der Waals surface area contributed by atoms with Crippen LogP contribution in [-0.2, 0) is 6.54 Å². The first-order chi connectivity index (χ1) is 5.33. The van der Waals surface area contributed by atoms with E-state index >= 15 is 0 Å². The van der Waals surface area contributed by atoms with Gasteiger partial charge in [-0.1, -0.05) is 6.92 Å². The Morgan fingerprint density at radius 1 is 1.73 bits per heavy atom. The van der Waals surface area contributed by atoms with Crippen LogP contribution in [0.1, 0.15) is 12.7 Å². The zero-order chi connectivity index (χ0) is 8.10. The highest BCUT2D eigenvalue weighted by Gasteiger charge is 1.91. The van der Waals surface area contributed by atoms with Gasteiger partial charge in [0.15, 0.2) is 0 Å². The molecule has 0 aromatic carbocycles. The Labute approximate surface area is 64.7 Å². The summed E-state index contributed by atoms with van der Waals surface area (Å²) in [6.45, 7) is 3.49. The van der Waals surface area contributed by atoms with Crippen molar-refractivity contribution in [2.24, 2.45) is 0 Å². The first-order valence-corrected chi connectivity index (χ1v) is 3.58. The Morgan fingerprint density at radius 2 is 2.55 bits per heavy atom. The number of hydrogen-bond acceptors (Lipinski definition) is 3. The predicted octanol–water partition coefficient (Wildman–Crippen LogP) is -0.121. The van der Waals surface area contributed by atoms with Gasteiger partial charge in [0.25, 0.3) is 5.56 Å². The molecule has 0 amide bonds. The maximum absolute atomic E-state index is 10.7. The third-order valence-electron chi connectivity index (χ3n) is 1.27. The van der Waals surface area contributed by atoms with Crippen molar-refractivity contribution in [1.82, 2.24) is 15.3 Å². The topological polar surface area (TPSA) is 57.8 Å². The van der Waals surface area contributed by atoms with Gasteiger partial charge in [0.05, 0.1) is 6.54 Å². The van der Waals surface area contributed by atoms with Crippen molar-refractivity contribution < 1.29 is 0 Å². The highest BCUT2D eigenvalue weighted by Crippen LogP contribution is 1.80. The molecule has 0 spiro atoms. The Balaban J connectivity index is 2.64. The zero-order valence-corrected chi connectivity index (χ0v) is 6.42. The summed E-state index contributed by atoms with van der Waals surface area (Å²) in [5, 5.41) is 3.06. The Hall–Kier alpha value is -1.16. The van der Waals surface area contributed by atoms with Crippen LogP contribution >= 0.6 is 0 Å². The highest BCUT2D eigenvalue weighted by molar-refractivity contribution is 4.88. The fraction of sp³-hybridized carbons (Fsp3) is 0.429. The average molecular weight is 153 g/mol. The van der Waals surface area contributed by atoms with Crippen LogP contribution in [-0.4, -0.2) is 16.5 Å². The smallest absolute Gasteiger partial charge is 0.250 e. The molecule has 0 aliphatic carbocycles. The molecule has 0 saturated heterocycles. The van der Waals surface area contributed by atoms with Crippen molar-refractivity contribution in [2.75, 3.05) is 6.54 Å². The van der Waals surface area contributed by atoms with Crippen LogP contribution in [0.5, 0.6) is 0 Å². The van der Waals surface area contributed by atoms with E-state index in [1.807, 2.05) is 6.92 Å². The summed E-state index contributed by atoms with van der Waals surface area (Å²) >= 11 is 0. The third-order valence-corrected chi connectivity index (χ3v) is 1.27. The van der Waals surface area contributed by atoms with Gasteiger partial charge in [0.2, 0.25) is 0 Å². The van der Waals surface area contributed by atoms with E-state index < -0.39 is 0 Å². The standard InChI is InChI=1S/C7H11N3O/c1-2-8-5-6-9-4-3-7(11)10-6/h3-4,8H,2,5H2,1H3,(H,9,10,11). The molecule has 0 aliphatic heterocycles. The molecule has 1 rings (SSSR count). The van der Waals surface area contributed by atoms with Gasteiger partial charge in [0, 0.05) is 12.3 Å². The van der Waals surface area contributed by atoms with Crippen molar-refractivity contribution in [3.63, 3.8) is 0 Å². The number of H-pyrrole nitrogens is 1. The van der Waals surface area contributed by atoms with Gasteiger partial charge >= 0.3 is 0 Å². The summed E-state index contributed by atoms with van der Waals surface area (Å²) in [6.07, 6.45) is 1.51. The molecule has 0 unspecified atom stereocenters. The van der Waals surface area contributed by atoms with Crippen LogP contribution in [0.4, 0.5) is 0 Å². The monoisotopic (exact) mass is 153 g/mol. The van der Waals surface area contributed by atoms with E-state index in [-0.39, 0.29) is 5.56 Å². The minimum absolute atomic E-state index is 0.104. The summed E-state index contributed by atoms with van der Waals surface area (Å²) in [7, 11) is 0. The first kappa shape index (κ1) is 7.94. The minimum Gasteiger partial charge on any atom is -0.310 e. The van der Waals surface area contributed by atoms with E-state index in [9.17, 15) is 4.79 Å². The van der Waals surface area contributed by atoms with Gasteiger partial charge < -0.3 is 10.3 Å². The number of aromatic amines is 1. The molecule has 11 heavy (non-hydrogen) atoms. The van der Waals surface area contributed by atoms with Crippen molar-refractivity contribution in [2.45, 2.75) is 13.5 Å². The summed E-state index contributed by atoms with van der Waals surface area (Å²) in [5.41, 5.74) is -0.104. The molecule has 0 atom stereocenters. The molecule has 60 valence electrons. The largest absolute Gasteiger partial charge is 0.310 e. The van der Waals surface area contributed by atoms with Crippen LogP contribution in [0.25, 0.3) is 0 Å².